The van der Waals surface area contributed by atoms with Crippen LogP contribution in [0.25, 0.3) is 6.08 Å². The lowest BCUT2D eigenvalue weighted by atomic mass is 10.2. The van der Waals surface area contributed by atoms with E-state index in [0.29, 0.717) is 22.9 Å². The Hall–Kier alpha value is -2.95. The van der Waals surface area contributed by atoms with Gasteiger partial charge in [0, 0.05) is 6.08 Å². The first-order valence-corrected chi connectivity index (χ1v) is 7.02. The molecule has 0 fully saturated rings. The van der Waals surface area contributed by atoms with Gasteiger partial charge in [-0.15, -0.1) is 0 Å². The van der Waals surface area contributed by atoms with Crippen LogP contribution in [0, 0.1) is 0 Å². The summed E-state index contributed by atoms with van der Waals surface area (Å²) < 4.78 is 15.6. The molecule has 0 saturated carbocycles. The maximum Gasteiger partial charge on any atom is 0.248 e. The predicted molar refractivity (Wildman–Crippen MR) is 90.2 cm³/mol. The zero-order chi connectivity index (χ0) is 16.7. The van der Waals surface area contributed by atoms with E-state index < -0.39 is 0 Å². The predicted octanol–water partition coefficient (Wildman–Crippen LogP) is 3.36. The van der Waals surface area contributed by atoms with E-state index in [2.05, 4.69) is 5.32 Å². The highest BCUT2D eigenvalue weighted by Gasteiger charge is 2.05. The van der Waals surface area contributed by atoms with E-state index in [1.54, 1.807) is 51.7 Å². The molecule has 0 spiro atoms. The van der Waals surface area contributed by atoms with Gasteiger partial charge in [0.2, 0.25) is 5.91 Å². The molecule has 0 saturated heterocycles. The van der Waals surface area contributed by atoms with E-state index in [4.69, 9.17) is 14.2 Å². The van der Waals surface area contributed by atoms with Crippen LogP contribution in [0.3, 0.4) is 0 Å². The van der Waals surface area contributed by atoms with Crippen LogP contribution >= 0.6 is 0 Å². The van der Waals surface area contributed by atoms with Crippen molar-refractivity contribution in [3.63, 3.8) is 0 Å². The molecule has 5 heteroatoms. The molecule has 1 N–H and O–H groups in total. The zero-order valence-corrected chi connectivity index (χ0v) is 13.3. The molecule has 0 aliphatic rings. The average molecular weight is 313 g/mol. The van der Waals surface area contributed by atoms with Crippen LogP contribution in [-0.4, -0.2) is 27.2 Å². The van der Waals surface area contributed by atoms with E-state index in [0.717, 1.165) is 5.56 Å². The molecular weight excluding hydrogens is 294 g/mol. The molecule has 0 radical (unpaired) electrons. The van der Waals surface area contributed by atoms with Crippen molar-refractivity contribution in [2.75, 3.05) is 26.6 Å². The van der Waals surface area contributed by atoms with Crippen LogP contribution in [0.1, 0.15) is 5.56 Å². The third kappa shape index (κ3) is 4.26. The fraction of sp³-hybridized carbons (Fsp3) is 0.167. The van der Waals surface area contributed by atoms with E-state index in [9.17, 15) is 4.79 Å². The number of hydrogen-bond acceptors (Lipinski definition) is 4. The molecule has 0 atom stereocenters. The van der Waals surface area contributed by atoms with E-state index in [1.807, 2.05) is 18.2 Å². The number of ether oxygens (including phenoxy) is 3. The molecule has 2 rings (SSSR count). The van der Waals surface area contributed by atoms with Crippen molar-refractivity contribution < 1.29 is 19.0 Å². The molecular formula is C18H19NO4. The fourth-order valence-corrected chi connectivity index (χ4v) is 2.05. The van der Waals surface area contributed by atoms with E-state index in [1.165, 1.54) is 6.08 Å². The standard InChI is InChI=1S/C18H19NO4/c1-21-15-7-5-4-6-14(15)19-18(20)11-9-13-8-10-16(22-2)17(12-13)23-3/h4-12H,1-3H3,(H,19,20). The molecule has 0 aromatic heterocycles. The van der Waals surface area contributed by atoms with Crippen LogP contribution in [0.2, 0.25) is 0 Å². The van der Waals surface area contributed by atoms with Gasteiger partial charge in [-0.25, -0.2) is 0 Å². The maximum atomic E-state index is 12.0. The third-order valence-corrected chi connectivity index (χ3v) is 3.20. The lowest BCUT2D eigenvalue weighted by Gasteiger charge is -2.08. The molecule has 0 aliphatic carbocycles. The van der Waals surface area contributed by atoms with Crippen LogP contribution < -0.4 is 19.5 Å². The highest BCUT2D eigenvalue weighted by molar-refractivity contribution is 6.02. The van der Waals surface area contributed by atoms with Gasteiger partial charge in [0.1, 0.15) is 5.75 Å². The van der Waals surface area contributed by atoms with Gasteiger partial charge in [-0.05, 0) is 35.9 Å². The number of hydrogen-bond donors (Lipinski definition) is 1. The first kappa shape index (κ1) is 16.4. The average Bonchev–Trinajstić information content (AvgIpc) is 2.60. The largest absolute Gasteiger partial charge is 0.495 e. The Kier molecular flexibility index (Phi) is 5.63. The van der Waals surface area contributed by atoms with Gasteiger partial charge in [0.05, 0.1) is 27.0 Å². The van der Waals surface area contributed by atoms with Crippen molar-refractivity contribution >= 4 is 17.7 Å². The van der Waals surface area contributed by atoms with Gasteiger partial charge in [-0.2, -0.15) is 0 Å². The summed E-state index contributed by atoms with van der Waals surface area (Å²) in [7, 11) is 4.71. The van der Waals surface area contributed by atoms with E-state index >= 15 is 0 Å². The SMILES string of the molecule is COc1ccccc1NC(=O)C=Cc1ccc(OC)c(OC)c1. The minimum absolute atomic E-state index is 0.246. The molecule has 0 aliphatic heterocycles. The molecule has 0 bridgehead atoms. The summed E-state index contributed by atoms with van der Waals surface area (Å²) >= 11 is 0. The number of rotatable bonds is 6. The van der Waals surface area contributed by atoms with Gasteiger partial charge in [0.15, 0.2) is 11.5 Å². The number of carbonyl (C=O) groups excluding carboxylic acids is 1. The molecule has 0 unspecified atom stereocenters. The summed E-state index contributed by atoms with van der Waals surface area (Å²) in [5.74, 6) is 1.62. The second-order valence-electron chi connectivity index (χ2n) is 4.64. The van der Waals surface area contributed by atoms with Gasteiger partial charge in [-0.1, -0.05) is 18.2 Å². The van der Waals surface area contributed by atoms with Crippen LogP contribution in [-0.2, 0) is 4.79 Å². The van der Waals surface area contributed by atoms with Crippen molar-refractivity contribution in [1.82, 2.24) is 0 Å². The maximum absolute atomic E-state index is 12.0. The van der Waals surface area contributed by atoms with Gasteiger partial charge in [0.25, 0.3) is 0 Å². The first-order valence-electron chi connectivity index (χ1n) is 7.02. The van der Waals surface area contributed by atoms with Crippen LogP contribution in [0.15, 0.2) is 48.5 Å². The fourth-order valence-electron chi connectivity index (χ4n) is 2.05. The van der Waals surface area contributed by atoms with Gasteiger partial charge in [-0.3, -0.25) is 4.79 Å². The topological polar surface area (TPSA) is 56.8 Å². The Morgan fingerprint density at radius 2 is 1.61 bits per heavy atom. The van der Waals surface area contributed by atoms with Crippen molar-refractivity contribution in [3.05, 3.63) is 54.1 Å². The van der Waals surface area contributed by atoms with Crippen LogP contribution in [0.4, 0.5) is 5.69 Å². The lowest BCUT2D eigenvalue weighted by Crippen LogP contribution is -2.08. The Morgan fingerprint density at radius 3 is 2.30 bits per heavy atom. The smallest absolute Gasteiger partial charge is 0.248 e. The molecule has 0 heterocycles. The molecule has 23 heavy (non-hydrogen) atoms. The molecule has 2 aromatic rings. The zero-order valence-electron chi connectivity index (χ0n) is 13.3. The Bertz CT molecular complexity index is 710. The van der Waals surface area contributed by atoms with Crippen molar-refractivity contribution in [2.24, 2.45) is 0 Å². The number of amides is 1. The quantitative estimate of drug-likeness (QED) is 0.831. The highest BCUT2D eigenvalue weighted by atomic mass is 16.5. The lowest BCUT2D eigenvalue weighted by molar-refractivity contribution is -0.111. The minimum Gasteiger partial charge on any atom is -0.495 e. The third-order valence-electron chi connectivity index (χ3n) is 3.20. The molecule has 2 aromatic carbocycles. The van der Waals surface area contributed by atoms with Crippen LogP contribution in [0.5, 0.6) is 17.2 Å². The highest BCUT2D eigenvalue weighted by Crippen LogP contribution is 2.28. The number of para-hydroxylation sites is 2. The second kappa shape index (κ2) is 7.89. The second-order valence-corrected chi connectivity index (χ2v) is 4.64. The van der Waals surface area contributed by atoms with Crippen molar-refractivity contribution in [3.8, 4) is 17.2 Å². The number of methoxy groups -OCH3 is 3. The number of anilines is 1. The summed E-state index contributed by atoms with van der Waals surface area (Å²) in [6.45, 7) is 0. The molecule has 120 valence electrons. The number of benzene rings is 2. The van der Waals surface area contributed by atoms with Gasteiger partial charge >= 0.3 is 0 Å². The molecule has 5 nitrogen and oxygen atoms in total. The summed E-state index contributed by atoms with van der Waals surface area (Å²) in [4.78, 5) is 12.0. The summed E-state index contributed by atoms with van der Waals surface area (Å²) in [6, 6.07) is 12.7. The minimum atomic E-state index is -0.246. The Morgan fingerprint density at radius 1 is 0.913 bits per heavy atom. The Labute approximate surface area is 135 Å². The monoisotopic (exact) mass is 313 g/mol. The van der Waals surface area contributed by atoms with Crippen molar-refractivity contribution in [2.45, 2.75) is 0 Å². The number of nitrogens with one attached hydrogen (secondary N) is 1. The normalized spacial score (nSPS) is 10.4. The summed E-state index contributed by atoms with van der Waals surface area (Å²) in [5, 5.41) is 2.78. The summed E-state index contributed by atoms with van der Waals surface area (Å²) in [6.07, 6.45) is 3.15. The van der Waals surface area contributed by atoms with Crippen molar-refractivity contribution in [1.29, 1.82) is 0 Å². The van der Waals surface area contributed by atoms with E-state index in [-0.39, 0.29) is 5.91 Å². The first-order chi connectivity index (χ1) is 11.2. The molecule has 1 amide bonds. The summed E-state index contributed by atoms with van der Waals surface area (Å²) in [5.41, 5.74) is 1.45. The number of carbonyl (C=O) groups is 1. The Balaban J connectivity index is 2.09. The van der Waals surface area contributed by atoms with Gasteiger partial charge < -0.3 is 19.5 Å².